The van der Waals surface area contributed by atoms with Gasteiger partial charge in [-0.3, -0.25) is 4.31 Å². The van der Waals surface area contributed by atoms with Crippen LogP contribution >= 0.6 is 10.7 Å². The lowest BCUT2D eigenvalue weighted by Crippen LogP contribution is -2.37. The van der Waals surface area contributed by atoms with Crippen molar-refractivity contribution in [2.24, 2.45) is 0 Å². The van der Waals surface area contributed by atoms with Gasteiger partial charge in [0.2, 0.25) is 10.0 Å². The summed E-state index contributed by atoms with van der Waals surface area (Å²) in [6.07, 6.45) is 1.46. The molecular formula is C10H12ClNO4S2. The molecule has 0 bridgehead atoms. The van der Waals surface area contributed by atoms with E-state index >= 15 is 0 Å². The van der Waals surface area contributed by atoms with Crippen LogP contribution in [-0.4, -0.2) is 29.1 Å². The zero-order valence-electron chi connectivity index (χ0n) is 9.41. The van der Waals surface area contributed by atoms with E-state index in [9.17, 15) is 16.8 Å². The molecule has 1 heterocycles. The maximum Gasteiger partial charge on any atom is 0.261 e. The summed E-state index contributed by atoms with van der Waals surface area (Å²) in [5.74, 6) is 0.128. The molecule has 1 aromatic carbocycles. The van der Waals surface area contributed by atoms with Gasteiger partial charge in [-0.25, -0.2) is 16.8 Å². The van der Waals surface area contributed by atoms with E-state index in [1.807, 2.05) is 0 Å². The minimum Gasteiger partial charge on any atom is -0.270 e. The second-order valence-corrected chi connectivity index (χ2v) is 8.61. The van der Waals surface area contributed by atoms with Crippen LogP contribution in [0.3, 0.4) is 0 Å². The van der Waals surface area contributed by atoms with E-state index in [4.69, 9.17) is 10.7 Å². The van der Waals surface area contributed by atoms with Gasteiger partial charge in [0.15, 0.2) is 0 Å². The van der Waals surface area contributed by atoms with Crippen LogP contribution in [0.25, 0.3) is 0 Å². The van der Waals surface area contributed by atoms with E-state index in [1.54, 1.807) is 0 Å². The Morgan fingerprint density at radius 2 is 1.72 bits per heavy atom. The predicted molar refractivity (Wildman–Crippen MR) is 69.8 cm³/mol. The number of sulfonamides is 1. The molecule has 2 rings (SSSR count). The van der Waals surface area contributed by atoms with E-state index in [2.05, 4.69) is 0 Å². The van der Waals surface area contributed by atoms with Crippen molar-refractivity contribution in [3.05, 3.63) is 24.3 Å². The van der Waals surface area contributed by atoms with Gasteiger partial charge in [-0.05, 0) is 37.1 Å². The fourth-order valence-electron chi connectivity index (χ4n) is 1.85. The van der Waals surface area contributed by atoms with Crippen LogP contribution in [0, 0.1) is 0 Å². The molecule has 0 saturated carbocycles. The number of hydrogen-bond acceptors (Lipinski definition) is 4. The Bertz CT molecular complexity index is 637. The summed E-state index contributed by atoms with van der Waals surface area (Å²) in [7, 11) is -1.86. The first-order valence-electron chi connectivity index (χ1n) is 5.36. The lowest BCUT2D eigenvalue weighted by molar-refractivity contribution is 0.574. The molecule has 0 atom stereocenters. The van der Waals surface area contributed by atoms with Crippen molar-refractivity contribution in [2.75, 3.05) is 16.6 Å². The monoisotopic (exact) mass is 309 g/mol. The van der Waals surface area contributed by atoms with Gasteiger partial charge in [-0.2, -0.15) is 0 Å². The molecule has 1 saturated heterocycles. The summed E-state index contributed by atoms with van der Waals surface area (Å²) < 4.78 is 47.2. The van der Waals surface area contributed by atoms with Gasteiger partial charge >= 0.3 is 0 Å². The van der Waals surface area contributed by atoms with E-state index in [0.29, 0.717) is 18.7 Å². The van der Waals surface area contributed by atoms with Crippen molar-refractivity contribution in [2.45, 2.75) is 17.7 Å². The molecule has 100 valence electrons. The molecule has 5 nitrogen and oxygen atoms in total. The van der Waals surface area contributed by atoms with Crippen LogP contribution in [-0.2, 0) is 19.1 Å². The van der Waals surface area contributed by atoms with E-state index in [0.717, 1.165) is 6.42 Å². The van der Waals surface area contributed by atoms with E-state index in [1.165, 1.54) is 28.6 Å². The second kappa shape index (κ2) is 4.71. The zero-order valence-corrected chi connectivity index (χ0v) is 11.8. The molecule has 0 aliphatic carbocycles. The summed E-state index contributed by atoms with van der Waals surface area (Å²) in [6.45, 7) is 0.426. The van der Waals surface area contributed by atoms with Crippen molar-refractivity contribution in [3.63, 3.8) is 0 Å². The highest BCUT2D eigenvalue weighted by atomic mass is 35.7. The Balaban J connectivity index is 2.35. The summed E-state index contributed by atoms with van der Waals surface area (Å²) in [5.41, 5.74) is 0.471. The van der Waals surface area contributed by atoms with Gasteiger partial charge in [0.05, 0.1) is 16.3 Å². The van der Waals surface area contributed by atoms with Crippen LogP contribution in [0.15, 0.2) is 29.2 Å². The van der Waals surface area contributed by atoms with E-state index in [-0.39, 0.29) is 10.6 Å². The quantitative estimate of drug-likeness (QED) is 0.777. The third-order valence-electron chi connectivity index (χ3n) is 2.76. The first-order valence-corrected chi connectivity index (χ1v) is 9.28. The Hall–Kier alpha value is -0.790. The molecule has 0 aromatic heterocycles. The molecule has 0 unspecified atom stereocenters. The number of anilines is 1. The van der Waals surface area contributed by atoms with E-state index < -0.39 is 19.1 Å². The fraction of sp³-hybridized carbons (Fsp3) is 0.400. The van der Waals surface area contributed by atoms with Crippen molar-refractivity contribution in [1.29, 1.82) is 0 Å². The van der Waals surface area contributed by atoms with Crippen molar-refractivity contribution in [1.82, 2.24) is 0 Å². The lowest BCUT2D eigenvalue weighted by Gasteiger charge is -2.28. The largest absolute Gasteiger partial charge is 0.270 e. The van der Waals surface area contributed by atoms with Crippen LogP contribution < -0.4 is 4.31 Å². The Labute approximate surface area is 111 Å². The summed E-state index contributed by atoms with van der Waals surface area (Å²) in [6, 6.07) is 5.53. The number of hydrogen-bond donors (Lipinski definition) is 0. The molecule has 8 heteroatoms. The maximum absolute atomic E-state index is 11.8. The highest BCUT2D eigenvalue weighted by Crippen LogP contribution is 2.25. The normalized spacial score (nSPS) is 19.7. The van der Waals surface area contributed by atoms with Crippen LogP contribution in [0.1, 0.15) is 12.8 Å². The highest BCUT2D eigenvalue weighted by Gasteiger charge is 2.26. The van der Waals surface area contributed by atoms with Gasteiger partial charge in [-0.15, -0.1) is 0 Å². The van der Waals surface area contributed by atoms with Gasteiger partial charge in [-0.1, -0.05) is 0 Å². The molecule has 0 spiro atoms. The maximum atomic E-state index is 11.8. The van der Waals surface area contributed by atoms with Crippen LogP contribution in [0.2, 0.25) is 0 Å². The smallest absolute Gasteiger partial charge is 0.261 e. The summed E-state index contributed by atoms with van der Waals surface area (Å²) in [4.78, 5) is -0.0395. The highest BCUT2D eigenvalue weighted by molar-refractivity contribution is 8.13. The van der Waals surface area contributed by atoms with Crippen molar-refractivity contribution < 1.29 is 16.8 Å². The SMILES string of the molecule is O=S(=O)(Cl)c1ccc(N2CCCCS2(=O)=O)cc1. The molecule has 1 fully saturated rings. The Morgan fingerprint density at radius 1 is 1.11 bits per heavy atom. The fourth-order valence-corrected chi connectivity index (χ4v) is 4.26. The van der Waals surface area contributed by atoms with Gasteiger partial charge in [0.25, 0.3) is 9.05 Å². The first kappa shape index (κ1) is 13.6. The van der Waals surface area contributed by atoms with Gasteiger partial charge in [0.1, 0.15) is 0 Å². The standard InChI is InChI=1S/C10H12ClNO4S2/c11-18(15,16)10-5-3-9(4-6-10)12-7-1-2-8-17(12,13)14/h3-6H,1-2,7-8H2. The average molecular weight is 310 g/mol. The number of benzene rings is 1. The van der Waals surface area contributed by atoms with Crippen molar-refractivity contribution in [3.8, 4) is 0 Å². The minimum absolute atomic E-state index is 0.0395. The minimum atomic E-state index is -3.77. The zero-order chi connectivity index (χ0) is 13.4. The predicted octanol–water partition coefficient (Wildman–Crippen LogP) is 1.54. The molecule has 0 N–H and O–H groups in total. The first-order chi connectivity index (χ1) is 8.31. The average Bonchev–Trinajstić information content (AvgIpc) is 2.27. The molecule has 1 aliphatic rings. The third kappa shape index (κ3) is 2.78. The summed E-state index contributed by atoms with van der Waals surface area (Å²) >= 11 is 0. The molecule has 0 amide bonds. The van der Waals surface area contributed by atoms with Crippen LogP contribution in [0.4, 0.5) is 5.69 Å². The Morgan fingerprint density at radius 3 is 2.22 bits per heavy atom. The van der Waals surface area contributed by atoms with Gasteiger partial charge in [0, 0.05) is 17.2 Å². The lowest BCUT2D eigenvalue weighted by atomic mass is 10.3. The summed E-state index contributed by atoms with van der Waals surface area (Å²) in [5, 5.41) is 0. The van der Waals surface area contributed by atoms with Crippen LogP contribution in [0.5, 0.6) is 0 Å². The van der Waals surface area contributed by atoms with Gasteiger partial charge < -0.3 is 0 Å². The number of halogens is 1. The second-order valence-electron chi connectivity index (χ2n) is 4.03. The molecular weight excluding hydrogens is 298 g/mol. The molecule has 0 radical (unpaired) electrons. The Kier molecular flexibility index (Phi) is 3.57. The number of nitrogens with zero attached hydrogens (tertiary/aromatic N) is 1. The topological polar surface area (TPSA) is 71.5 Å². The molecule has 1 aromatic rings. The van der Waals surface area contributed by atoms with Crippen molar-refractivity contribution >= 4 is 35.4 Å². The molecule has 18 heavy (non-hydrogen) atoms. The number of rotatable bonds is 2. The molecule has 1 aliphatic heterocycles. The third-order valence-corrected chi connectivity index (χ3v) is 5.99.